The number of likely N-dealkylation sites (tertiary alicyclic amines) is 1. The number of ketones is 1. The molecule has 4 heteroatoms. The maximum Gasteiger partial charge on any atom is 0.156 e. The Kier molecular flexibility index (Phi) is 6.96. The third-order valence-corrected chi connectivity index (χ3v) is 4.97. The van der Waals surface area contributed by atoms with Crippen LogP contribution >= 0.6 is 24.0 Å². The molecule has 0 saturated carbocycles. The molecule has 2 nitrogen and oxygen atoms in total. The molecule has 1 aromatic rings. The van der Waals surface area contributed by atoms with Crippen LogP contribution in [0.25, 0.3) is 6.08 Å². The Balaban J connectivity index is 1.67. The first kappa shape index (κ1) is 16.2. The fraction of sp³-hybridized carbons (Fsp3) is 0.412. The number of rotatable bonds is 5. The van der Waals surface area contributed by atoms with Crippen LogP contribution in [-0.2, 0) is 4.79 Å². The van der Waals surface area contributed by atoms with Crippen molar-refractivity contribution in [3.8, 4) is 0 Å². The summed E-state index contributed by atoms with van der Waals surface area (Å²) in [5.74, 6) is 0.931. The zero-order valence-electron chi connectivity index (χ0n) is 12.2. The number of thiocarbonyl (C=S) groups is 1. The minimum atomic E-state index is 0.160. The summed E-state index contributed by atoms with van der Waals surface area (Å²) in [6.45, 7) is 2.15. The summed E-state index contributed by atoms with van der Waals surface area (Å²) in [6.07, 6.45) is 7.86. The first-order valence-corrected chi connectivity index (χ1v) is 8.83. The second-order valence-electron chi connectivity index (χ2n) is 5.12. The van der Waals surface area contributed by atoms with Gasteiger partial charge in [-0.05, 0) is 30.9 Å². The lowest BCUT2D eigenvalue weighted by molar-refractivity contribution is -0.114. The summed E-state index contributed by atoms with van der Waals surface area (Å²) in [7, 11) is 0. The highest BCUT2D eigenvalue weighted by Gasteiger charge is 2.13. The van der Waals surface area contributed by atoms with Gasteiger partial charge in [-0.1, -0.05) is 60.4 Å². The van der Waals surface area contributed by atoms with Crippen LogP contribution in [-0.4, -0.2) is 33.8 Å². The first-order chi connectivity index (χ1) is 10.3. The van der Waals surface area contributed by atoms with Crippen molar-refractivity contribution in [3.05, 3.63) is 42.0 Å². The van der Waals surface area contributed by atoms with Crippen LogP contribution in [0.15, 0.2) is 36.4 Å². The summed E-state index contributed by atoms with van der Waals surface area (Å²) >= 11 is 7.06. The van der Waals surface area contributed by atoms with E-state index in [4.69, 9.17) is 12.2 Å². The van der Waals surface area contributed by atoms with Gasteiger partial charge in [0, 0.05) is 25.3 Å². The SMILES string of the molecule is O=C(/C=C/c1ccccc1)CCSC(=S)N1CCCCC1. The molecule has 0 aromatic heterocycles. The highest BCUT2D eigenvalue weighted by molar-refractivity contribution is 8.22. The van der Waals surface area contributed by atoms with E-state index in [9.17, 15) is 4.79 Å². The van der Waals surface area contributed by atoms with E-state index in [0.717, 1.165) is 28.7 Å². The molecule has 1 saturated heterocycles. The number of nitrogens with zero attached hydrogens (tertiary/aromatic N) is 1. The number of hydrogen-bond acceptors (Lipinski definition) is 3. The third kappa shape index (κ3) is 6.02. The van der Waals surface area contributed by atoms with Gasteiger partial charge in [-0.2, -0.15) is 0 Å². The lowest BCUT2D eigenvalue weighted by Crippen LogP contribution is -2.32. The van der Waals surface area contributed by atoms with Crippen molar-refractivity contribution in [1.82, 2.24) is 4.90 Å². The second-order valence-corrected chi connectivity index (χ2v) is 6.85. The molecule has 1 heterocycles. The quantitative estimate of drug-likeness (QED) is 0.599. The third-order valence-electron chi connectivity index (χ3n) is 3.45. The van der Waals surface area contributed by atoms with E-state index >= 15 is 0 Å². The van der Waals surface area contributed by atoms with Crippen LogP contribution in [0.2, 0.25) is 0 Å². The van der Waals surface area contributed by atoms with Gasteiger partial charge in [0.1, 0.15) is 4.32 Å². The summed E-state index contributed by atoms with van der Waals surface area (Å²) in [5.41, 5.74) is 1.06. The van der Waals surface area contributed by atoms with E-state index in [-0.39, 0.29) is 5.78 Å². The predicted molar refractivity (Wildman–Crippen MR) is 95.6 cm³/mol. The van der Waals surface area contributed by atoms with E-state index in [2.05, 4.69) is 4.90 Å². The predicted octanol–water partition coefficient (Wildman–Crippen LogP) is 4.16. The van der Waals surface area contributed by atoms with E-state index < -0.39 is 0 Å². The van der Waals surface area contributed by atoms with Crippen LogP contribution < -0.4 is 0 Å². The molecule has 0 amide bonds. The number of carbonyl (C=O) groups excluding carboxylic acids is 1. The molecule has 0 bridgehead atoms. The largest absolute Gasteiger partial charge is 0.358 e. The normalized spacial score (nSPS) is 15.3. The molecule has 1 fully saturated rings. The highest BCUT2D eigenvalue weighted by atomic mass is 32.2. The molecule has 2 rings (SSSR count). The Morgan fingerprint density at radius 2 is 1.90 bits per heavy atom. The Bertz CT molecular complexity index is 493. The van der Waals surface area contributed by atoms with Gasteiger partial charge in [-0.25, -0.2) is 0 Å². The van der Waals surface area contributed by atoms with Crippen LogP contribution in [0, 0.1) is 0 Å². The van der Waals surface area contributed by atoms with E-state index in [1.54, 1.807) is 17.8 Å². The molecule has 0 aliphatic carbocycles. The minimum Gasteiger partial charge on any atom is -0.358 e. The fourth-order valence-electron chi connectivity index (χ4n) is 2.24. The number of thioether (sulfide) groups is 1. The van der Waals surface area contributed by atoms with Gasteiger partial charge in [0.05, 0.1) is 0 Å². The van der Waals surface area contributed by atoms with Crippen molar-refractivity contribution in [3.63, 3.8) is 0 Å². The Hall–Kier alpha value is -1.13. The van der Waals surface area contributed by atoms with E-state index in [1.165, 1.54) is 19.3 Å². The standard InChI is InChI=1S/C17H21NOS2/c19-16(10-9-15-7-3-1-4-8-15)11-14-21-17(20)18-12-5-2-6-13-18/h1,3-4,7-10H,2,5-6,11-14H2/b10-9+. The first-order valence-electron chi connectivity index (χ1n) is 7.43. The van der Waals surface area contributed by atoms with Crippen LogP contribution in [0.3, 0.4) is 0 Å². The zero-order valence-corrected chi connectivity index (χ0v) is 13.8. The zero-order chi connectivity index (χ0) is 14.9. The second kappa shape index (κ2) is 9.00. The average molecular weight is 319 g/mol. The molecule has 0 atom stereocenters. The fourth-order valence-corrected chi connectivity index (χ4v) is 3.52. The number of piperidine rings is 1. The number of hydrogen-bond donors (Lipinski definition) is 0. The smallest absolute Gasteiger partial charge is 0.156 e. The van der Waals surface area contributed by atoms with Gasteiger partial charge in [-0.3, -0.25) is 4.79 Å². The maximum absolute atomic E-state index is 11.8. The maximum atomic E-state index is 11.8. The van der Waals surface area contributed by atoms with Gasteiger partial charge in [0.2, 0.25) is 0 Å². The summed E-state index contributed by atoms with van der Waals surface area (Å²) in [5, 5.41) is 0. The van der Waals surface area contributed by atoms with Gasteiger partial charge in [-0.15, -0.1) is 0 Å². The molecular formula is C17H21NOS2. The monoisotopic (exact) mass is 319 g/mol. The number of allylic oxidation sites excluding steroid dienone is 1. The van der Waals surface area contributed by atoms with Crippen molar-refractivity contribution in [2.45, 2.75) is 25.7 Å². The van der Waals surface area contributed by atoms with Crippen molar-refractivity contribution in [1.29, 1.82) is 0 Å². The molecule has 1 aliphatic rings. The van der Waals surface area contributed by atoms with Gasteiger partial charge < -0.3 is 4.90 Å². The number of carbonyl (C=O) groups is 1. The van der Waals surface area contributed by atoms with Crippen LogP contribution in [0.4, 0.5) is 0 Å². The van der Waals surface area contributed by atoms with Crippen molar-refractivity contribution in [2.75, 3.05) is 18.8 Å². The van der Waals surface area contributed by atoms with Crippen molar-refractivity contribution < 1.29 is 4.79 Å². The lowest BCUT2D eigenvalue weighted by Gasteiger charge is -2.28. The Morgan fingerprint density at radius 3 is 2.62 bits per heavy atom. The molecule has 21 heavy (non-hydrogen) atoms. The van der Waals surface area contributed by atoms with E-state index in [1.807, 2.05) is 36.4 Å². The molecule has 0 radical (unpaired) electrons. The highest BCUT2D eigenvalue weighted by Crippen LogP contribution is 2.17. The van der Waals surface area contributed by atoms with Crippen LogP contribution in [0.5, 0.6) is 0 Å². The molecule has 0 N–H and O–H groups in total. The molecule has 0 spiro atoms. The summed E-state index contributed by atoms with van der Waals surface area (Å²) < 4.78 is 0.953. The minimum absolute atomic E-state index is 0.160. The number of benzene rings is 1. The Morgan fingerprint density at radius 1 is 1.19 bits per heavy atom. The molecule has 1 aromatic carbocycles. The Labute approximate surface area is 136 Å². The molecular weight excluding hydrogens is 298 g/mol. The van der Waals surface area contributed by atoms with Crippen molar-refractivity contribution >= 4 is 40.2 Å². The molecule has 1 aliphatic heterocycles. The van der Waals surface area contributed by atoms with Gasteiger partial charge in [0.25, 0.3) is 0 Å². The van der Waals surface area contributed by atoms with Crippen molar-refractivity contribution in [2.24, 2.45) is 0 Å². The average Bonchev–Trinajstić information content (AvgIpc) is 2.54. The van der Waals surface area contributed by atoms with Gasteiger partial charge in [0.15, 0.2) is 5.78 Å². The lowest BCUT2D eigenvalue weighted by atomic mass is 10.1. The summed E-state index contributed by atoms with van der Waals surface area (Å²) in [6, 6.07) is 9.89. The topological polar surface area (TPSA) is 20.3 Å². The molecule has 0 unspecified atom stereocenters. The van der Waals surface area contributed by atoms with E-state index in [0.29, 0.717) is 6.42 Å². The molecule has 112 valence electrons. The van der Waals surface area contributed by atoms with Gasteiger partial charge >= 0.3 is 0 Å². The van der Waals surface area contributed by atoms with Crippen LogP contribution in [0.1, 0.15) is 31.2 Å². The summed E-state index contributed by atoms with van der Waals surface area (Å²) in [4.78, 5) is 14.1.